The zero-order chi connectivity index (χ0) is 10.4. The Bertz CT molecular complexity index is 511. The average Bonchev–Trinajstić information content (AvgIpc) is 2.87. The van der Waals surface area contributed by atoms with Gasteiger partial charge in [0.15, 0.2) is 0 Å². The van der Waals surface area contributed by atoms with Gasteiger partial charge in [0, 0.05) is 11.7 Å². The number of hydrogen-bond donors (Lipinski definition) is 2. The first-order valence-corrected chi connectivity index (χ1v) is 5.33. The van der Waals surface area contributed by atoms with Crippen molar-refractivity contribution >= 4 is 16.9 Å². The molecular weight excluding hydrogens is 188 g/mol. The van der Waals surface area contributed by atoms with E-state index >= 15 is 0 Å². The third-order valence-electron chi connectivity index (χ3n) is 2.65. The lowest BCUT2D eigenvalue weighted by Gasteiger charge is -2.05. The smallest absolute Gasteiger partial charge is 0.143 e. The molecule has 4 heteroatoms. The van der Waals surface area contributed by atoms with Gasteiger partial charge in [-0.1, -0.05) is 0 Å². The van der Waals surface area contributed by atoms with E-state index in [-0.39, 0.29) is 0 Å². The number of aryl methyl sites for hydroxylation is 2. The quantitative estimate of drug-likeness (QED) is 0.784. The molecule has 2 heterocycles. The standard InChI is InChI=1S/C11H14N4/c1-6-5-9-10(12-6)13-7(2)14-11(9)15-8-3-4-8/h5,8H,3-4H2,1-2H3,(H2,12,13,14,15). The number of anilines is 1. The van der Waals surface area contributed by atoms with Gasteiger partial charge in [0.05, 0.1) is 5.39 Å². The minimum absolute atomic E-state index is 0.623. The first-order chi connectivity index (χ1) is 7.22. The van der Waals surface area contributed by atoms with Gasteiger partial charge in [0.1, 0.15) is 17.3 Å². The fraction of sp³-hybridized carbons (Fsp3) is 0.455. The van der Waals surface area contributed by atoms with Crippen molar-refractivity contribution in [1.82, 2.24) is 15.0 Å². The first-order valence-electron chi connectivity index (χ1n) is 5.33. The van der Waals surface area contributed by atoms with Crippen molar-refractivity contribution in [3.05, 3.63) is 17.6 Å². The van der Waals surface area contributed by atoms with Gasteiger partial charge >= 0.3 is 0 Å². The minimum atomic E-state index is 0.623. The van der Waals surface area contributed by atoms with E-state index in [0.717, 1.165) is 28.4 Å². The lowest BCUT2D eigenvalue weighted by molar-refractivity contribution is 1.04. The molecular formula is C11H14N4. The van der Waals surface area contributed by atoms with Crippen LogP contribution in [0.1, 0.15) is 24.4 Å². The van der Waals surface area contributed by atoms with Crippen LogP contribution in [0.3, 0.4) is 0 Å². The van der Waals surface area contributed by atoms with Crippen LogP contribution in [0.15, 0.2) is 6.07 Å². The molecule has 0 radical (unpaired) electrons. The van der Waals surface area contributed by atoms with Crippen molar-refractivity contribution in [2.45, 2.75) is 32.7 Å². The summed E-state index contributed by atoms with van der Waals surface area (Å²) in [7, 11) is 0. The Morgan fingerprint density at radius 3 is 2.87 bits per heavy atom. The highest BCUT2D eigenvalue weighted by Crippen LogP contribution is 2.28. The maximum atomic E-state index is 4.45. The van der Waals surface area contributed by atoms with Crippen LogP contribution in [0.2, 0.25) is 0 Å². The van der Waals surface area contributed by atoms with E-state index in [4.69, 9.17) is 0 Å². The Morgan fingerprint density at radius 1 is 1.33 bits per heavy atom. The highest BCUT2D eigenvalue weighted by Gasteiger charge is 2.22. The Balaban J connectivity index is 2.15. The Kier molecular flexibility index (Phi) is 1.71. The maximum Gasteiger partial charge on any atom is 0.143 e. The summed E-state index contributed by atoms with van der Waals surface area (Å²) in [6.45, 7) is 3.96. The second-order valence-corrected chi connectivity index (χ2v) is 4.25. The number of aromatic amines is 1. The van der Waals surface area contributed by atoms with E-state index in [1.165, 1.54) is 12.8 Å². The van der Waals surface area contributed by atoms with E-state index in [1.54, 1.807) is 0 Å². The van der Waals surface area contributed by atoms with Crippen LogP contribution in [0.25, 0.3) is 11.0 Å². The summed E-state index contributed by atoms with van der Waals surface area (Å²) in [5, 5.41) is 4.54. The van der Waals surface area contributed by atoms with Gasteiger partial charge in [0.25, 0.3) is 0 Å². The molecule has 1 aliphatic rings. The second-order valence-electron chi connectivity index (χ2n) is 4.25. The average molecular weight is 202 g/mol. The maximum absolute atomic E-state index is 4.45. The molecule has 3 rings (SSSR count). The molecule has 0 aromatic carbocycles. The Hall–Kier alpha value is -1.58. The van der Waals surface area contributed by atoms with Gasteiger partial charge in [-0.3, -0.25) is 0 Å². The van der Waals surface area contributed by atoms with Crippen LogP contribution in [0.4, 0.5) is 5.82 Å². The lowest BCUT2D eigenvalue weighted by Crippen LogP contribution is -2.05. The van der Waals surface area contributed by atoms with Crippen LogP contribution in [-0.2, 0) is 0 Å². The molecule has 78 valence electrons. The van der Waals surface area contributed by atoms with E-state index in [2.05, 4.69) is 26.3 Å². The van der Waals surface area contributed by atoms with Gasteiger partial charge in [-0.15, -0.1) is 0 Å². The van der Waals surface area contributed by atoms with E-state index < -0.39 is 0 Å². The van der Waals surface area contributed by atoms with Gasteiger partial charge in [0.2, 0.25) is 0 Å². The summed E-state index contributed by atoms with van der Waals surface area (Å²) in [4.78, 5) is 12.1. The number of aromatic nitrogens is 3. The molecule has 0 aliphatic heterocycles. The zero-order valence-corrected chi connectivity index (χ0v) is 8.96. The number of H-pyrrole nitrogens is 1. The molecule has 2 aromatic heterocycles. The van der Waals surface area contributed by atoms with Gasteiger partial charge in [-0.2, -0.15) is 0 Å². The zero-order valence-electron chi connectivity index (χ0n) is 8.96. The van der Waals surface area contributed by atoms with Crippen molar-refractivity contribution in [2.75, 3.05) is 5.32 Å². The number of nitrogens with one attached hydrogen (secondary N) is 2. The highest BCUT2D eigenvalue weighted by molar-refractivity contribution is 5.88. The summed E-state index contributed by atoms with van der Waals surface area (Å²) >= 11 is 0. The van der Waals surface area contributed by atoms with Crippen molar-refractivity contribution in [3.63, 3.8) is 0 Å². The third-order valence-corrected chi connectivity index (χ3v) is 2.65. The van der Waals surface area contributed by atoms with Crippen molar-refractivity contribution in [1.29, 1.82) is 0 Å². The molecule has 0 unspecified atom stereocenters. The van der Waals surface area contributed by atoms with E-state index in [0.29, 0.717) is 6.04 Å². The molecule has 2 aromatic rings. The monoisotopic (exact) mass is 202 g/mol. The molecule has 0 spiro atoms. The normalized spacial score (nSPS) is 15.9. The number of rotatable bonds is 2. The Morgan fingerprint density at radius 2 is 2.13 bits per heavy atom. The molecule has 0 atom stereocenters. The van der Waals surface area contributed by atoms with Crippen LogP contribution in [0, 0.1) is 13.8 Å². The molecule has 1 aliphatic carbocycles. The van der Waals surface area contributed by atoms with E-state index in [9.17, 15) is 0 Å². The Labute approximate surface area is 88.1 Å². The van der Waals surface area contributed by atoms with Crippen molar-refractivity contribution in [3.8, 4) is 0 Å². The first kappa shape index (κ1) is 8.71. The summed E-state index contributed by atoms with van der Waals surface area (Å²) in [6.07, 6.45) is 2.52. The van der Waals surface area contributed by atoms with Crippen molar-refractivity contribution in [2.24, 2.45) is 0 Å². The largest absolute Gasteiger partial charge is 0.367 e. The van der Waals surface area contributed by atoms with Crippen molar-refractivity contribution < 1.29 is 0 Å². The summed E-state index contributed by atoms with van der Waals surface area (Å²) in [5.74, 6) is 1.79. The molecule has 0 bridgehead atoms. The van der Waals surface area contributed by atoms with Crippen LogP contribution in [-0.4, -0.2) is 21.0 Å². The molecule has 1 fully saturated rings. The summed E-state index contributed by atoms with van der Waals surface area (Å²) in [6, 6.07) is 2.72. The fourth-order valence-corrected chi connectivity index (χ4v) is 1.78. The van der Waals surface area contributed by atoms with E-state index in [1.807, 2.05) is 13.8 Å². The predicted octanol–water partition coefficient (Wildman–Crippen LogP) is 2.15. The third kappa shape index (κ3) is 1.56. The molecule has 1 saturated carbocycles. The molecule has 0 saturated heterocycles. The highest BCUT2D eigenvalue weighted by atomic mass is 15.1. The molecule has 2 N–H and O–H groups in total. The number of fused-ring (bicyclic) bond motifs is 1. The molecule has 0 amide bonds. The summed E-state index contributed by atoms with van der Waals surface area (Å²) < 4.78 is 0. The SMILES string of the molecule is Cc1nc(NC2CC2)c2cc(C)[nH]c2n1. The minimum Gasteiger partial charge on any atom is -0.367 e. The van der Waals surface area contributed by atoms with Gasteiger partial charge in [-0.25, -0.2) is 9.97 Å². The molecule has 4 nitrogen and oxygen atoms in total. The van der Waals surface area contributed by atoms with Crippen LogP contribution >= 0.6 is 0 Å². The van der Waals surface area contributed by atoms with Gasteiger partial charge in [-0.05, 0) is 32.8 Å². The molecule has 15 heavy (non-hydrogen) atoms. The van der Waals surface area contributed by atoms with Crippen LogP contribution in [0.5, 0.6) is 0 Å². The van der Waals surface area contributed by atoms with Gasteiger partial charge < -0.3 is 10.3 Å². The summed E-state index contributed by atoms with van der Waals surface area (Å²) in [5.41, 5.74) is 2.06. The second kappa shape index (κ2) is 2.95. The predicted molar refractivity (Wildman–Crippen MR) is 60.0 cm³/mol. The van der Waals surface area contributed by atoms with Crippen LogP contribution < -0.4 is 5.32 Å². The lowest BCUT2D eigenvalue weighted by atomic mass is 10.3. The number of hydrogen-bond acceptors (Lipinski definition) is 3. The fourth-order valence-electron chi connectivity index (χ4n) is 1.78. The topological polar surface area (TPSA) is 53.6 Å². The number of nitrogens with zero attached hydrogens (tertiary/aromatic N) is 2.